The summed E-state index contributed by atoms with van der Waals surface area (Å²) in [5.41, 5.74) is 3.91. The standard InChI is InChI=1S/C28H35N3O4/c1-20-15-23(31-14-12-28(19-31)11-13-30(18-28)16-26(32)34-2)7-10-25(20)29-27(33)22-5-8-24(9-6-22)35-17-21-3-4-21/h5-10,15,21H,3-4,11-14,16-19H2,1-2H3,(H,29,33). The minimum absolute atomic E-state index is 0.119. The monoisotopic (exact) mass is 477 g/mol. The molecule has 0 radical (unpaired) electrons. The van der Waals surface area contributed by atoms with Crippen molar-refractivity contribution in [3.8, 4) is 5.75 Å². The second kappa shape index (κ2) is 9.90. The number of hydrogen-bond acceptors (Lipinski definition) is 6. The maximum Gasteiger partial charge on any atom is 0.319 e. The number of aryl methyl sites for hydroxylation is 1. The van der Waals surface area contributed by atoms with Gasteiger partial charge in [-0.2, -0.15) is 0 Å². The first-order chi connectivity index (χ1) is 16.9. The van der Waals surface area contributed by atoms with Crippen LogP contribution < -0.4 is 15.0 Å². The van der Waals surface area contributed by atoms with Gasteiger partial charge < -0.3 is 19.7 Å². The van der Waals surface area contributed by atoms with Crippen LogP contribution in [0.4, 0.5) is 11.4 Å². The molecule has 7 nitrogen and oxygen atoms in total. The maximum atomic E-state index is 12.8. The predicted octanol–water partition coefficient (Wildman–Crippen LogP) is 4.11. The van der Waals surface area contributed by atoms with Gasteiger partial charge in [-0.3, -0.25) is 14.5 Å². The number of methoxy groups -OCH3 is 1. The van der Waals surface area contributed by atoms with Gasteiger partial charge >= 0.3 is 5.97 Å². The Morgan fingerprint density at radius 3 is 2.54 bits per heavy atom. The number of nitrogens with one attached hydrogen (secondary N) is 1. The second-order valence-electron chi connectivity index (χ2n) is 10.4. The summed E-state index contributed by atoms with van der Waals surface area (Å²) in [5.74, 6) is 1.23. The molecule has 1 spiro atoms. The molecule has 1 amide bonds. The van der Waals surface area contributed by atoms with E-state index in [1.54, 1.807) is 0 Å². The number of rotatable bonds is 8. The summed E-state index contributed by atoms with van der Waals surface area (Å²) in [4.78, 5) is 29.1. The van der Waals surface area contributed by atoms with Crippen molar-refractivity contribution in [2.75, 3.05) is 56.7 Å². The fraction of sp³-hybridized carbons (Fsp3) is 0.500. The summed E-state index contributed by atoms with van der Waals surface area (Å²) in [6, 6.07) is 13.6. The molecule has 1 aliphatic carbocycles. The number of hydrogen-bond donors (Lipinski definition) is 1. The van der Waals surface area contributed by atoms with Gasteiger partial charge in [0.05, 0.1) is 20.3 Å². The lowest BCUT2D eigenvalue weighted by Crippen LogP contribution is -2.33. The normalized spacial score (nSPS) is 21.9. The van der Waals surface area contributed by atoms with E-state index in [1.165, 1.54) is 25.6 Å². The maximum absolute atomic E-state index is 12.8. The molecular formula is C28H35N3O4. The molecule has 3 fully saturated rings. The summed E-state index contributed by atoms with van der Waals surface area (Å²) < 4.78 is 10.6. The van der Waals surface area contributed by atoms with Crippen molar-refractivity contribution >= 4 is 23.3 Å². The van der Waals surface area contributed by atoms with E-state index in [-0.39, 0.29) is 17.3 Å². The van der Waals surface area contributed by atoms with E-state index >= 15 is 0 Å². The van der Waals surface area contributed by atoms with Crippen molar-refractivity contribution in [3.05, 3.63) is 53.6 Å². The van der Waals surface area contributed by atoms with Crippen molar-refractivity contribution in [2.45, 2.75) is 32.6 Å². The van der Waals surface area contributed by atoms with Crippen LogP contribution in [0.1, 0.15) is 41.6 Å². The number of esters is 1. The molecule has 186 valence electrons. The number of carbonyl (C=O) groups is 2. The average Bonchev–Trinajstić information content (AvgIpc) is 3.49. The van der Waals surface area contributed by atoms with Crippen LogP contribution in [0, 0.1) is 18.3 Å². The van der Waals surface area contributed by atoms with E-state index in [0.717, 1.165) is 62.6 Å². The number of benzene rings is 2. The Labute approximate surface area is 207 Å². The molecule has 2 aromatic carbocycles. The highest BCUT2D eigenvalue weighted by atomic mass is 16.5. The van der Waals surface area contributed by atoms with E-state index in [0.29, 0.717) is 18.0 Å². The molecule has 2 saturated heterocycles. The molecule has 1 N–H and O–H groups in total. The molecule has 5 rings (SSSR count). The molecule has 2 aliphatic heterocycles. The van der Waals surface area contributed by atoms with Gasteiger partial charge in [-0.1, -0.05) is 0 Å². The van der Waals surface area contributed by atoms with Gasteiger partial charge in [-0.15, -0.1) is 0 Å². The molecule has 2 aromatic rings. The summed E-state index contributed by atoms with van der Waals surface area (Å²) in [7, 11) is 1.45. The Kier molecular flexibility index (Phi) is 6.69. The van der Waals surface area contributed by atoms with Crippen LogP contribution >= 0.6 is 0 Å². The number of amides is 1. The molecule has 3 aliphatic rings. The van der Waals surface area contributed by atoms with Gasteiger partial charge in [-0.25, -0.2) is 0 Å². The van der Waals surface area contributed by atoms with E-state index in [4.69, 9.17) is 9.47 Å². The van der Waals surface area contributed by atoms with Crippen molar-refractivity contribution in [3.63, 3.8) is 0 Å². The number of carbonyl (C=O) groups excluding carboxylic acids is 2. The third-order valence-electron chi connectivity index (χ3n) is 7.66. The van der Waals surface area contributed by atoms with E-state index < -0.39 is 0 Å². The van der Waals surface area contributed by atoms with Gasteiger partial charge in [0.1, 0.15) is 5.75 Å². The summed E-state index contributed by atoms with van der Waals surface area (Å²) >= 11 is 0. The smallest absolute Gasteiger partial charge is 0.319 e. The molecule has 1 unspecified atom stereocenters. The van der Waals surface area contributed by atoms with Gasteiger partial charge in [-0.05, 0) is 93.1 Å². The highest BCUT2D eigenvalue weighted by Gasteiger charge is 2.43. The SMILES string of the molecule is COC(=O)CN1CCC2(CCN(c3ccc(NC(=O)c4ccc(OCC5CC5)cc4)c(C)c3)C2)C1. The first kappa shape index (κ1) is 23.7. The van der Waals surface area contributed by atoms with Crippen LogP contribution in [0.25, 0.3) is 0 Å². The first-order valence-corrected chi connectivity index (χ1v) is 12.6. The lowest BCUT2D eigenvalue weighted by molar-refractivity contribution is -0.141. The van der Waals surface area contributed by atoms with Crippen LogP contribution in [0.15, 0.2) is 42.5 Å². The Morgan fingerprint density at radius 2 is 1.83 bits per heavy atom. The van der Waals surface area contributed by atoms with Gasteiger partial charge in [0, 0.05) is 42.0 Å². The second-order valence-corrected chi connectivity index (χ2v) is 10.4. The molecule has 1 saturated carbocycles. The van der Waals surface area contributed by atoms with Crippen LogP contribution in [0.2, 0.25) is 0 Å². The minimum Gasteiger partial charge on any atom is -0.493 e. The largest absolute Gasteiger partial charge is 0.493 e. The highest BCUT2D eigenvalue weighted by molar-refractivity contribution is 6.04. The van der Waals surface area contributed by atoms with Crippen molar-refractivity contribution in [1.82, 2.24) is 4.90 Å². The van der Waals surface area contributed by atoms with Crippen LogP contribution in [-0.4, -0.2) is 63.2 Å². The predicted molar refractivity (Wildman–Crippen MR) is 136 cm³/mol. The number of anilines is 2. The third-order valence-corrected chi connectivity index (χ3v) is 7.66. The summed E-state index contributed by atoms with van der Waals surface area (Å²) in [6.07, 6.45) is 4.75. The van der Waals surface area contributed by atoms with Crippen molar-refractivity contribution in [2.24, 2.45) is 11.3 Å². The lowest BCUT2D eigenvalue weighted by atomic mass is 9.86. The molecular weight excluding hydrogens is 442 g/mol. The van der Waals surface area contributed by atoms with Gasteiger partial charge in [0.2, 0.25) is 0 Å². The Balaban J connectivity index is 1.17. The molecule has 1 atom stereocenters. The van der Waals surface area contributed by atoms with Crippen molar-refractivity contribution in [1.29, 1.82) is 0 Å². The molecule has 2 heterocycles. The van der Waals surface area contributed by atoms with Crippen LogP contribution in [-0.2, 0) is 9.53 Å². The quantitative estimate of drug-likeness (QED) is 0.577. The fourth-order valence-electron chi connectivity index (χ4n) is 5.28. The zero-order chi connectivity index (χ0) is 24.4. The Bertz CT molecular complexity index is 1080. The Morgan fingerprint density at radius 1 is 1.06 bits per heavy atom. The lowest BCUT2D eigenvalue weighted by Gasteiger charge is -2.26. The van der Waals surface area contributed by atoms with E-state index in [2.05, 4.69) is 27.2 Å². The molecule has 7 heteroatoms. The summed E-state index contributed by atoms with van der Waals surface area (Å²) in [6.45, 7) is 7.06. The van der Waals surface area contributed by atoms with Crippen LogP contribution in [0.3, 0.4) is 0 Å². The highest BCUT2D eigenvalue weighted by Crippen LogP contribution is 2.41. The van der Waals surface area contributed by atoms with Crippen LogP contribution in [0.5, 0.6) is 5.75 Å². The number of ether oxygens (including phenoxy) is 2. The van der Waals surface area contributed by atoms with Gasteiger partial charge in [0.25, 0.3) is 5.91 Å². The Hall–Kier alpha value is -3.06. The average molecular weight is 478 g/mol. The summed E-state index contributed by atoms with van der Waals surface area (Å²) in [5, 5.41) is 3.05. The van der Waals surface area contributed by atoms with Crippen molar-refractivity contribution < 1.29 is 19.1 Å². The van der Waals surface area contributed by atoms with E-state index in [1.807, 2.05) is 37.3 Å². The first-order valence-electron chi connectivity index (χ1n) is 12.6. The van der Waals surface area contributed by atoms with E-state index in [9.17, 15) is 9.59 Å². The minimum atomic E-state index is -0.164. The zero-order valence-electron chi connectivity index (χ0n) is 20.7. The molecule has 0 aromatic heterocycles. The van der Waals surface area contributed by atoms with Gasteiger partial charge in [0.15, 0.2) is 0 Å². The number of likely N-dealkylation sites (tertiary alicyclic amines) is 1. The number of nitrogens with zero attached hydrogens (tertiary/aromatic N) is 2. The topological polar surface area (TPSA) is 71.1 Å². The zero-order valence-corrected chi connectivity index (χ0v) is 20.7. The fourth-order valence-corrected chi connectivity index (χ4v) is 5.28. The third kappa shape index (κ3) is 5.61. The molecule has 0 bridgehead atoms. The molecule has 35 heavy (non-hydrogen) atoms.